The maximum atomic E-state index is 13.8. The fourth-order valence-electron chi connectivity index (χ4n) is 4.06. The van der Waals surface area contributed by atoms with Crippen molar-refractivity contribution < 1.29 is 19.1 Å². The number of ether oxygens (including phenoxy) is 2. The molecule has 4 rings (SSSR count). The molecule has 0 radical (unpaired) electrons. The van der Waals surface area contributed by atoms with E-state index in [0.29, 0.717) is 27.1 Å². The van der Waals surface area contributed by atoms with Gasteiger partial charge in [0.15, 0.2) is 6.61 Å². The normalized spacial score (nSPS) is 11.4. The van der Waals surface area contributed by atoms with Crippen LogP contribution in [0.2, 0.25) is 10.0 Å². The molecule has 0 saturated carbocycles. The monoisotopic (exact) mass is 562 g/mol. The number of amides is 2. The number of hydrogen-bond acceptors (Lipinski definition) is 4. The molecule has 200 valence electrons. The number of carbonyl (C=O) groups is 2. The summed E-state index contributed by atoms with van der Waals surface area (Å²) in [5.41, 5.74) is 2.25. The van der Waals surface area contributed by atoms with Gasteiger partial charge in [-0.2, -0.15) is 0 Å². The molecule has 6 nitrogen and oxygen atoms in total. The Kier molecular flexibility index (Phi) is 9.84. The average molecular weight is 563 g/mol. The predicted octanol–water partition coefficient (Wildman–Crippen LogP) is 6.47. The van der Waals surface area contributed by atoms with E-state index in [4.69, 9.17) is 32.7 Å². The minimum absolute atomic E-state index is 0.160. The summed E-state index contributed by atoms with van der Waals surface area (Å²) >= 11 is 12.5. The summed E-state index contributed by atoms with van der Waals surface area (Å²) in [7, 11) is 1.59. The Bertz CT molecular complexity index is 1400. The number of hydrogen-bond donors (Lipinski definition) is 1. The minimum Gasteiger partial charge on any atom is -0.497 e. The molecule has 0 spiro atoms. The summed E-state index contributed by atoms with van der Waals surface area (Å²) in [6.07, 6.45) is 0. The second-order valence-electron chi connectivity index (χ2n) is 8.71. The Balaban J connectivity index is 1.65. The highest BCUT2D eigenvalue weighted by Gasteiger charge is 2.32. The number of halogens is 2. The van der Waals surface area contributed by atoms with E-state index in [-0.39, 0.29) is 31.5 Å². The van der Waals surface area contributed by atoms with Crippen molar-refractivity contribution in [2.45, 2.75) is 19.1 Å². The molecule has 0 aliphatic heterocycles. The molecule has 0 bridgehead atoms. The van der Waals surface area contributed by atoms with Gasteiger partial charge in [-0.3, -0.25) is 9.59 Å². The van der Waals surface area contributed by atoms with Crippen molar-refractivity contribution in [3.8, 4) is 11.5 Å². The number of benzene rings is 4. The molecular formula is C31H28Cl2N2O4. The van der Waals surface area contributed by atoms with Gasteiger partial charge in [0.05, 0.1) is 12.1 Å². The third-order valence-electron chi connectivity index (χ3n) is 6.11. The van der Waals surface area contributed by atoms with Crippen LogP contribution in [0.1, 0.15) is 22.7 Å². The second-order valence-corrected chi connectivity index (χ2v) is 9.53. The summed E-state index contributed by atoms with van der Waals surface area (Å²) in [6.45, 7) is 0.0668. The number of carbonyl (C=O) groups excluding carboxylic acids is 2. The van der Waals surface area contributed by atoms with Crippen molar-refractivity contribution in [2.24, 2.45) is 0 Å². The van der Waals surface area contributed by atoms with Gasteiger partial charge in [0, 0.05) is 18.1 Å². The van der Waals surface area contributed by atoms with Crippen LogP contribution in [0.4, 0.5) is 0 Å². The molecule has 0 aliphatic rings. The van der Waals surface area contributed by atoms with Crippen molar-refractivity contribution in [1.82, 2.24) is 10.2 Å². The van der Waals surface area contributed by atoms with Crippen molar-refractivity contribution in [3.05, 3.63) is 130 Å². The van der Waals surface area contributed by atoms with Crippen molar-refractivity contribution in [3.63, 3.8) is 0 Å². The maximum Gasteiger partial charge on any atom is 0.261 e. The van der Waals surface area contributed by atoms with Crippen LogP contribution in [0.3, 0.4) is 0 Å². The molecule has 0 saturated heterocycles. The van der Waals surface area contributed by atoms with E-state index in [0.717, 1.165) is 11.1 Å². The number of rotatable bonds is 11. The number of para-hydroxylation sites is 1. The highest BCUT2D eigenvalue weighted by Crippen LogP contribution is 2.27. The van der Waals surface area contributed by atoms with Gasteiger partial charge in [0.1, 0.15) is 17.5 Å². The van der Waals surface area contributed by atoms with Gasteiger partial charge in [0.2, 0.25) is 5.91 Å². The molecule has 39 heavy (non-hydrogen) atoms. The fourth-order valence-corrected chi connectivity index (χ4v) is 4.46. The van der Waals surface area contributed by atoms with Crippen LogP contribution < -0.4 is 14.8 Å². The maximum absolute atomic E-state index is 13.8. The van der Waals surface area contributed by atoms with Crippen LogP contribution in [0.15, 0.2) is 103 Å². The van der Waals surface area contributed by atoms with Gasteiger partial charge in [-0.25, -0.2) is 0 Å². The van der Waals surface area contributed by atoms with E-state index in [1.54, 1.807) is 37.4 Å². The molecule has 8 heteroatoms. The first-order valence-corrected chi connectivity index (χ1v) is 13.1. The molecule has 0 fully saturated rings. The van der Waals surface area contributed by atoms with E-state index in [1.165, 1.54) is 4.90 Å². The van der Waals surface area contributed by atoms with Crippen LogP contribution >= 0.6 is 23.2 Å². The molecule has 0 heterocycles. The number of nitrogens with one attached hydrogen (secondary N) is 1. The highest BCUT2D eigenvalue weighted by atomic mass is 35.5. The van der Waals surface area contributed by atoms with Crippen LogP contribution in [-0.2, 0) is 22.7 Å². The first-order chi connectivity index (χ1) is 19.0. The molecule has 0 aliphatic carbocycles. The predicted molar refractivity (Wildman–Crippen MR) is 153 cm³/mol. The van der Waals surface area contributed by atoms with Gasteiger partial charge in [-0.05, 0) is 47.0 Å². The summed E-state index contributed by atoms with van der Waals surface area (Å²) < 4.78 is 11.0. The topological polar surface area (TPSA) is 67.9 Å². The Morgan fingerprint density at radius 1 is 0.821 bits per heavy atom. The van der Waals surface area contributed by atoms with E-state index in [2.05, 4.69) is 5.32 Å². The Hall–Kier alpha value is -4.00. The standard InChI is InChI=1S/C31H28Cl2N2O4/c1-38-25-17-15-22(16-18-25)20-35(29(36)21-39-28-14-8-7-13-27(28)33)30(23-9-3-2-4-10-23)31(37)34-19-24-11-5-6-12-26(24)32/h2-18,30H,19-21H2,1H3,(H,34,37)/t30-/m1/s1. The van der Waals surface area contributed by atoms with E-state index in [1.807, 2.05) is 72.8 Å². The molecule has 0 aromatic heterocycles. The van der Waals surface area contributed by atoms with Gasteiger partial charge >= 0.3 is 0 Å². The summed E-state index contributed by atoms with van der Waals surface area (Å²) in [6, 6.07) is 29.8. The first-order valence-electron chi connectivity index (χ1n) is 12.3. The van der Waals surface area contributed by atoms with Crippen molar-refractivity contribution >= 4 is 35.0 Å². The van der Waals surface area contributed by atoms with Gasteiger partial charge < -0.3 is 19.7 Å². The number of nitrogens with zero attached hydrogens (tertiary/aromatic N) is 1. The summed E-state index contributed by atoms with van der Waals surface area (Å²) in [4.78, 5) is 29.0. The Morgan fingerprint density at radius 2 is 1.46 bits per heavy atom. The SMILES string of the molecule is COc1ccc(CN(C(=O)COc2ccccc2Cl)[C@@H](C(=O)NCc2ccccc2Cl)c2ccccc2)cc1. The van der Waals surface area contributed by atoms with Crippen LogP contribution in [0.5, 0.6) is 11.5 Å². The largest absolute Gasteiger partial charge is 0.497 e. The lowest BCUT2D eigenvalue weighted by atomic mass is 10.0. The quantitative estimate of drug-likeness (QED) is 0.227. The van der Waals surface area contributed by atoms with E-state index >= 15 is 0 Å². The van der Waals surface area contributed by atoms with E-state index < -0.39 is 6.04 Å². The van der Waals surface area contributed by atoms with E-state index in [9.17, 15) is 9.59 Å². The molecule has 0 unspecified atom stereocenters. The Morgan fingerprint density at radius 3 is 2.13 bits per heavy atom. The van der Waals surface area contributed by atoms with Gasteiger partial charge in [0.25, 0.3) is 5.91 Å². The minimum atomic E-state index is -0.932. The zero-order valence-electron chi connectivity index (χ0n) is 21.3. The zero-order valence-corrected chi connectivity index (χ0v) is 22.9. The molecule has 4 aromatic carbocycles. The van der Waals surface area contributed by atoms with Gasteiger partial charge in [-0.15, -0.1) is 0 Å². The zero-order chi connectivity index (χ0) is 27.6. The first kappa shape index (κ1) is 28.0. The molecular weight excluding hydrogens is 535 g/mol. The van der Waals surface area contributed by atoms with Crippen molar-refractivity contribution in [1.29, 1.82) is 0 Å². The van der Waals surface area contributed by atoms with Gasteiger partial charge in [-0.1, -0.05) is 96.0 Å². The number of methoxy groups -OCH3 is 1. The lowest BCUT2D eigenvalue weighted by Crippen LogP contribution is -2.45. The van der Waals surface area contributed by atoms with Crippen LogP contribution in [-0.4, -0.2) is 30.4 Å². The second kappa shape index (κ2) is 13.7. The average Bonchev–Trinajstić information content (AvgIpc) is 2.96. The Labute approximate surface area is 238 Å². The van der Waals surface area contributed by atoms with Crippen LogP contribution in [0, 0.1) is 0 Å². The summed E-state index contributed by atoms with van der Waals surface area (Å²) in [5.74, 6) is 0.348. The fraction of sp³-hybridized carbons (Fsp3) is 0.161. The summed E-state index contributed by atoms with van der Waals surface area (Å²) in [5, 5.41) is 3.90. The van der Waals surface area contributed by atoms with Crippen molar-refractivity contribution in [2.75, 3.05) is 13.7 Å². The lowest BCUT2D eigenvalue weighted by molar-refractivity contribution is -0.143. The smallest absolute Gasteiger partial charge is 0.261 e. The molecule has 2 amide bonds. The molecule has 1 N–H and O–H groups in total. The molecule has 1 atom stereocenters. The third kappa shape index (κ3) is 7.53. The third-order valence-corrected chi connectivity index (χ3v) is 6.79. The molecule has 4 aromatic rings. The van der Waals surface area contributed by atoms with Crippen LogP contribution in [0.25, 0.3) is 0 Å². The lowest BCUT2D eigenvalue weighted by Gasteiger charge is -2.31. The highest BCUT2D eigenvalue weighted by molar-refractivity contribution is 6.32.